The first-order chi connectivity index (χ1) is 7.81. The maximum Gasteiger partial charge on any atom is 0.136 e. The van der Waals surface area contributed by atoms with Gasteiger partial charge in [-0.05, 0) is 19.1 Å². The maximum absolute atomic E-state index is 9.87. The molecule has 3 nitrogen and oxygen atoms in total. The van der Waals surface area contributed by atoms with E-state index in [4.69, 9.17) is 9.47 Å². The van der Waals surface area contributed by atoms with Crippen LogP contribution < -0.4 is 4.74 Å². The molecule has 0 saturated carbocycles. The van der Waals surface area contributed by atoms with Gasteiger partial charge in [-0.3, -0.25) is 0 Å². The van der Waals surface area contributed by atoms with Gasteiger partial charge in [-0.2, -0.15) is 0 Å². The number of hydrogen-bond donors (Lipinski definition) is 1. The van der Waals surface area contributed by atoms with Gasteiger partial charge in [0.05, 0.1) is 6.61 Å². The van der Waals surface area contributed by atoms with E-state index in [2.05, 4.69) is 0 Å². The molecule has 0 bridgehead atoms. The Morgan fingerprint density at radius 1 is 1.56 bits per heavy atom. The van der Waals surface area contributed by atoms with Crippen molar-refractivity contribution in [1.29, 1.82) is 0 Å². The zero-order valence-corrected chi connectivity index (χ0v) is 10.1. The van der Waals surface area contributed by atoms with E-state index in [9.17, 15) is 5.11 Å². The monoisotopic (exact) mass is 240 g/mol. The van der Waals surface area contributed by atoms with Gasteiger partial charge >= 0.3 is 0 Å². The lowest BCUT2D eigenvalue weighted by Crippen LogP contribution is -2.39. The van der Waals surface area contributed by atoms with Crippen molar-refractivity contribution in [1.82, 2.24) is 0 Å². The van der Waals surface area contributed by atoms with Gasteiger partial charge in [0.1, 0.15) is 18.0 Å². The highest BCUT2D eigenvalue weighted by Crippen LogP contribution is 2.35. The van der Waals surface area contributed by atoms with Gasteiger partial charge in [-0.1, -0.05) is 12.1 Å². The molecule has 4 heteroatoms. The number of aliphatic hydroxyl groups is 1. The second-order valence-electron chi connectivity index (χ2n) is 3.64. The fourth-order valence-electron chi connectivity index (χ4n) is 1.57. The molecular weight excluding hydrogens is 224 g/mol. The molecule has 0 amide bonds. The lowest BCUT2D eigenvalue weighted by Gasteiger charge is -2.28. The van der Waals surface area contributed by atoms with Crippen LogP contribution in [0.15, 0.2) is 29.2 Å². The molecule has 0 radical (unpaired) electrons. The number of rotatable bonds is 4. The SMILES string of the molecule is CCOCC(O)C1CSc2ccccc2O1. The minimum Gasteiger partial charge on any atom is -0.486 e. The fraction of sp³-hybridized carbons (Fsp3) is 0.500. The van der Waals surface area contributed by atoms with Crippen molar-refractivity contribution in [2.75, 3.05) is 19.0 Å². The van der Waals surface area contributed by atoms with Crippen molar-refractivity contribution in [2.45, 2.75) is 24.0 Å². The van der Waals surface area contributed by atoms with E-state index in [1.807, 2.05) is 31.2 Å². The number of fused-ring (bicyclic) bond motifs is 1. The summed E-state index contributed by atoms with van der Waals surface area (Å²) in [6.07, 6.45) is -0.729. The normalized spacial score (nSPS) is 21.0. The van der Waals surface area contributed by atoms with E-state index in [0.717, 1.165) is 16.4 Å². The van der Waals surface area contributed by atoms with Crippen LogP contribution >= 0.6 is 11.8 Å². The summed E-state index contributed by atoms with van der Waals surface area (Å²) in [7, 11) is 0. The zero-order chi connectivity index (χ0) is 11.4. The first kappa shape index (κ1) is 11.8. The first-order valence-corrected chi connectivity index (χ1v) is 6.44. The highest BCUT2D eigenvalue weighted by molar-refractivity contribution is 7.99. The molecule has 2 unspecified atom stereocenters. The van der Waals surface area contributed by atoms with E-state index in [-0.39, 0.29) is 6.10 Å². The Kier molecular flexibility index (Phi) is 4.09. The quantitative estimate of drug-likeness (QED) is 0.873. The number of hydrogen-bond acceptors (Lipinski definition) is 4. The molecule has 2 atom stereocenters. The molecule has 88 valence electrons. The third kappa shape index (κ3) is 2.70. The molecule has 1 heterocycles. The van der Waals surface area contributed by atoms with Crippen molar-refractivity contribution in [2.24, 2.45) is 0 Å². The Morgan fingerprint density at radius 2 is 2.38 bits per heavy atom. The third-order valence-corrected chi connectivity index (χ3v) is 3.60. The Labute approximate surface area is 99.8 Å². The lowest BCUT2D eigenvalue weighted by atomic mass is 10.2. The average Bonchev–Trinajstić information content (AvgIpc) is 2.35. The molecule has 1 aliphatic heterocycles. The summed E-state index contributed by atoms with van der Waals surface area (Å²) in [5.74, 6) is 1.63. The van der Waals surface area contributed by atoms with Crippen molar-refractivity contribution < 1.29 is 14.6 Å². The van der Waals surface area contributed by atoms with Crippen LogP contribution in [-0.4, -0.2) is 36.3 Å². The molecule has 0 fully saturated rings. The van der Waals surface area contributed by atoms with Crippen molar-refractivity contribution in [3.8, 4) is 5.75 Å². The molecule has 1 aliphatic rings. The van der Waals surface area contributed by atoms with Crippen LogP contribution in [0, 0.1) is 0 Å². The van der Waals surface area contributed by atoms with Gasteiger partial charge in [0.2, 0.25) is 0 Å². The minimum atomic E-state index is -0.555. The Morgan fingerprint density at radius 3 is 3.19 bits per heavy atom. The number of benzene rings is 1. The van der Waals surface area contributed by atoms with Gasteiger partial charge in [0.15, 0.2) is 0 Å². The van der Waals surface area contributed by atoms with Gasteiger partial charge in [-0.15, -0.1) is 11.8 Å². The molecule has 0 saturated heterocycles. The lowest BCUT2D eigenvalue weighted by molar-refractivity contribution is -0.0180. The molecule has 0 aromatic heterocycles. The molecule has 16 heavy (non-hydrogen) atoms. The maximum atomic E-state index is 9.87. The molecule has 2 rings (SSSR count). The second-order valence-corrected chi connectivity index (χ2v) is 4.70. The highest BCUT2D eigenvalue weighted by Gasteiger charge is 2.26. The van der Waals surface area contributed by atoms with Crippen molar-refractivity contribution >= 4 is 11.8 Å². The number of thioether (sulfide) groups is 1. The number of ether oxygens (including phenoxy) is 2. The molecular formula is C12H16O3S. The van der Waals surface area contributed by atoms with Gasteiger partial charge in [0.25, 0.3) is 0 Å². The van der Waals surface area contributed by atoms with Crippen LogP contribution in [0.25, 0.3) is 0 Å². The summed E-state index contributed by atoms with van der Waals surface area (Å²) in [6.45, 7) is 2.87. The van der Waals surface area contributed by atoms with E-state index in [0.29, 0.717) is 13.2 Å². The van der Waals surface area contributed by atoms with E-state index >= 15 is 0 Å². The van der Waals surface area contributed by atoms with Crippen LogP contribution in [0.5, 0.6) is 5.75 Å². The highest BCUT2D eigenvalue weighted by atomic mass is 32.2. The molecule has 1 N–H and O–H groups in total. The molecule has 1 aromatic rings. The van der Waals surface area contributed by atoms with Crippen LogP contribution in [-0.2, 0) is 4.74 Å². The van der Waals surface area contributed by atoms with E-state index in [1.165, 1.54) is 0 Å². The van der Waals surface area contributed by atoms with Crippen molar-refractivity contribution in [3.63, 3.8) is 0 Å². The van der Waals surface area contributed by atoms with Gasteiger partial charge < -0.3 is 14.6 Å². The smallest absolute Gasteiger partial charge is 0.136 e. The number of aliphatic hydroxyl groups excluding tert-OH is 1. The van der Waals surface area contributed by atoms with E-state index < -0.39 is 6.10 Å². The summed E-state index contributed by atoms with van der Waals surface area (Å²) >= 11 is 1.72. The molecule has 0 aliphatic carbocycles. The number of para-hydroxylation sites is 1. The fourth-order valence-corrected chi connectivity index (χ4v) is 2.64. The summed E-state index contributed by atoms with van der Waals surface area (Å²) in [5.41, 5.74) is 0. The van der Waals surface area contributed by atoms with Crippen LogP contribution in [0.2, 0.25) is 0 Å². The summed E-state index contributed by atoms with van der Waals surface area (Å²) < 4.78 is 10.9. The summed E-state index contributed by atoms with van der Waals surface area (Å²) in [6, 6.07) is 7.90. The standard InChI is InChI=1S/C12H16O3S/c1-2-14-7-9(13)11-8-16-12-6-4-3-5-10(12)15-11/h3-6,9,11,13H,2,7-8H2,1H3. The third-order valence-electron chi connectivity index (χ3n) is 2.45. The van der Waals surface area contributed by atoms with Gasteiger partial charge in [0, 0.05) is 17.3 Å². The predicted molar refractivity (Wildman–Crippen MR) is 64.1 cm³/mol. The molecule has 0 spiro atoms. The molecule has 1 aromatic carbocycles. The van der Waals surface area contributed by atoms with Crippen LogP contribution in [0.3, 0.4) is 0 Å². The zero-order valence-electron chi connectivity index (χ0n) is 9.26. The largest absolute Gasteiger partial charge is 0.486 e. The Bertz CT molecular complexity index is 343. The average molecular weight is 240 g/mol. The van der Waals surface area contributed by atoms with Crippen LogP contribution in [0.4, 0.5) is 0 Å². The van der Waals surface area contributed by atoms with E-state index in [1.54, 1.807) is 11.8 Å². The Hall–Kier alpha value is -0.710. The van der Waals surface area contributed by atoms with Crippen molar-refractivity contribution in [3.05, 3.63) is 24.3 Å². The topological polar surface area (TPSA) is 38.7 Å². The predicted octanol–water partition coefficient (Wildman–Crippen LogP) is 1.94. The Balaban J connectivity index is 1.97. The van der Waals surface area contributed by atoms with Gasteiger partial charge in [-0.25, -0.2) is 0 Å². The first-order valence-electron chi connectivity index (χ1n) is 5.45. The summed E-state index contributed by atoms with van der Waals surface area (Å²) in [4.78, 5) is 1.14. The minimum absolute atomic E-state index is 0.175. The van der Waals surface area contributed by atoms with Crippen LogP contribution in [0.1, 0.15) is 6.92 Å². The second kappa shape index (κ2) is 5.57. The summed E-state index contributed by atoms with van der Waals surface area (Å²) in [5, 5.41) is 9.87.